The first-order valence-corrected chi connectivity index (χ1v) is 5.47. The zero-order chi connectivity index (χ0) is 14.0. The first-order chi connectivity index (χ1) is 8.16. The van der Waals surface area contributed by atoms with Gasteiger partial charge in [-0.1, -0.05) is 0 Å². The number of hydrogen-bond donors (Lipinski definition) is 0. The van der Waals surface area contributed by atoms with Gasteiger partial charge in [0.15, 0.2) is 0 Å². The standard InChI is InChI=1S/C11H15F5O2/c1-7(2)5-17-4-3-8-6-18-9(8)10(12,13)11(14,15)16/h5,8-9H,3-4,6H2,1-2H3. The van der Waals surface area contributed by atoms with E-state index in [4.69, 9.17) is 4.74 Å². The molecule has 7 heteroatoms. The minimum atomic E-state index is -5.57. The quantitative estimate of drug-likeness (QED) is 0.434. The smallest absolute Gasteiger partial charge is 0.456 e. The second-order valence-electron chi connectivity index (χ2n) is 4.49. The lowest BCUT2D eigenvalue weighted by Gasteiger charge is -2.41. The van der Waals surface area contributed by atoms with Crippen molar-refractivity contribution in [3.63, 3.8) is 0 Å². The van der Waals surface area contributed by atoms with Crippen LogP contribution in [-0.4, -0.2) is 31.4 Å². The van der Waals surface area contributed by atoms with Crippen LogP contribution in [0.3, 0.4) is 0 Å². The first kappa shape index (κ1) is 15.2. The largest absolute Gasteiger partial charge is 0.501 e. The summed E-state index contributed by atoms with van der Waals surface area (Å²) >= 11 is 0. The van der Waals surface area contributed by atoms with Crippen molar-refractivity contribution in [1.82, 2.24) is 0 Å². The number of allylic oxidation sites excluding steroid dienone is 1. The van der Waals surface area contributed by atoms with Gasteiger partial charge >= 0.3 is 12.1 Å². The first-order valence-electron chi connectivity index (χ1n) is 5.47. The molecule has 0 N–H and O–H groups in total. The van der Waals surface area contributed by atoms with Crippen LogP contribution >= 0.6 is 0 Å². The summed E-state index contributed by atoms with van der Waals surface area (Å²) in [6.07, 6.45) is -6.11. The number of alkyl halides is 5. The van der Waals surface area contributed by atoms with E-state index < -0.39 is 24.1 Å². The monoisotopic (exact) mass is 274 g/mol. The molecule has 0 spiro atoms. The Morgan fingerprint density at radius 2 is 1.89 bits per heavy atom. The molecule has 1 heterocycles. The predicted molar refractivity (Wildman–Crippen MR) is 54.2 cm³/mol. The third kappa shape index (κ3) is 3.34. The predicted octanol–water partition coefficient (Wildman–Crippen LogP) is 3.53. The number of ether oxygens (including phenoxy) is 2. The van der Waals surface area contributed by atoms with E-state index in [1.807, 2.05) is 0 Å². The van der Waals surface area contributed by atoms with Crippen molar-refractivity contribution in [2.45, 2.75) is 38.5 Å². The molecule has 0 amide bonds. The second-order valence-corrected chi connectivity index (χ2v) is 4.49. The molecule has 106 valence electrons. The summed E-state index contributed by atoms with van der Waals surface area (Å²) in [4.78, 5) is 0. The van der Waals surface area contributed by atoms with Gasteiger partial charge in [-0.05, 0) is 25.8 Å². The van der Waals surface area contributed by atoms with Crippen LogP contribution in [0.4, 0.5) is 22.0 Å². The fourth-order valence-corrected chi connectivity index (χ4v) is 1.57. The summed E-state index contributed by atoms with van der Waals surface area (Å²) in [5.41, 5.74) is 0.886. The number of halogens is 5. The summed E-state index contributed by atoms with van der Waals surface area (Å²) < 4.78 is 71.6. The van der Waals surface area contributed by atoms with Crippen molar-refractivity contribution >= 4 is 0 Å². The average molecular weight is 274 g/mol. The van der Waals surface area contributed by atoms with Gasteiger partial charge in [-0.25, -0.2) is 0 Å². The summed E-state index contributed by atoms with van der Waals surface area (Å²) in [5.74, 6) is -5.63. The zero-order valence-corrected chi connectivity index (χ0v) is 10.1. The Bertz CT molecular complexity index is 307. The molecule has 0 radical (unpaired) electrons. The van der Waals surface area contributed by atoms with E-state index in [9.17, 15) is 22.0 Å². The van der Waals surface area contributed by atoms with E-state index in [-0.39, 0.29) is 19.6 Å². The third-order valence-corrected chi connectivity index (χ3v) is 2.58. The van der Waals surface area contributed by atoms with Crippen LogP contribution in [0.5, 0.6) is 0 Å². The van der Waals surface area contributed by atoms with Gasteiger partial charge in [0, 0.05) is 5.92 Å². The summed E-state index contributed by atoms with van der Waals surface area (Å²) in [5, 5.41) is 0. The lowest BCUT2D eigenvalue weighted by molar-refractivity contribution is -0.352. The molecule has 0 aromatic rings. The highest BCUT2D eigenvalue weighted by molar-refractivity contribution is 4.95. The normalized spacial score (nSPS) is 24.4. The van der Waals surface area contributed by atoms with E-state index in [1.165, 1.54) is 6.26 Å². The molecule has 0 aromatic carbocycles. The molecule has 0 bridgehead atoms. The molecule has 1 saturated heterocycles. The van der Waals surface area contributed by atoms with E-state index in [0.717, 1.165) is 5.57 Å². The Kier molecular flexibility index (Phi) is 4.58. The third-order valence-electron chi connectivity index (χ3n) is 2.58. The molecular weight excluding hydrogens is 259 g/mol. The van der Waals surface area contributed by atoms with Gasteiger partial charge in [0.1, 0.15) is 6.10 Å². The molecule has 0 saturated carbocycles. The van der Waals surface area contributed by atoms with Crippen molar-refractivity contribution in [2.24, 2.45) is 5.92 Å². The molecule has 1 fully saturated rings. The summed E-state index contributed by atoms with van der Waals surface area (Å²) in [6.45, 7) is 3.58. The average Bonchev–Trinajstić information content (AvgIpc) is 2.12. The van der Waals surface area contributed by atoms with Gasteiger partial charge in [0.25, 0.3) is 0 Å². The van der Waals surface area contributed by atoms with Crippen LogP contribution in [-0.2, 0) is 9.47 Å². The molecule has 1 aliphatic heterocycles. The Labute approximate surface area is 102 Å². The lowest BCUT2D eigenvalue weighted by atomic mass is 9.89. The van der Waals surface area contributed by atoms with Crippen molar-refractivity contribution in [3.8, 4) is 0 Å². The minimum Gasteiger partial charge on any atom is -0.501 e. The Morgan fingerprint density at radius 1 is 1.28 bits per heavy atom. The van der Waals surface area contributed by atoms with Gasteiger partial charge in [0.05, 0.1) is 19.5 Å². The van der Waals surface area contributed by atoms with E-state index in [0.29, 0.717) is 0 Å². The maximum atomic E-state index is 13.0. The van der Waals surface area contributed by atoms with Crippen molar-refractivity contribution in [2.75, 3.05) is 13.2 Å². The Hall–Kier alpha value is -0.850. The maximum Gasteiger partial charge on any atom is 0.456 e. The highest BCUT2D eigenvalue weighted by Gasteiger charge is 2.67. The molecule has 2 atom stereocenters. The van der Waals surface area contributed by atoms with Crippen LogP contribution in [0.2, 0.25) is 0 Å². The summed E-state index contributed by atoms with van der Waals surface area (Å²) in [7, 11) is 0. The van der Waals surface area contributed by atoms with Gasteiger partial charge < -0.3 is 9.47 Å². The van der Waals surface area contributed by atoms with E-state index >= 15 is 0 Å². The molecule has 2 unspecified atom stereocenters. The molecule has 0 aliphatic carbocycles. The zero-order valence-electron chi connectivity index (χ0n) is 10.1. The Morgan fingerprint density at radius 3 is 2.28 bits per heavy atom. The molecule has 18 heavy (non-hydrogen) atoms. The van der Waals surface area contributed by atoms with Gasteiger partial charge in [-0.15, -0.1) is 0 Å². The number of hydrogen-bond acceptors (Lipinski definition) is 2. The molecular formula is C11H15F5O2. The van der Waals surface area contributed by atoms with Gasteiger partial charge in [-0.3, -0.25) is 0 Å². The second kappa shape index (κ2) is 5.42. The van der Waals surface area contributed by atoms with Crippen molar-refractivity contribution in [3.05, 3.63) is 11.8 Å². The number of rotatable bonds is 5. The molecule has 1 rings (SSSR count). The maximum absolute atomic E-state index is 13.0. The molecule has 2 nitrogen and oxygen atoms in total. The van der Waals surface area contributed by atoms with Gasteiger partial charge in [-0.2, -0.15) is 22.0 Å². The van der Waals surface area contributed by atoms with Crippen LogP contribution in [0.1, 0.15) is 20.3 Å². The van der Waals surface area contributed by atoms with Crippen LogP contribution in [0.25, 0.3) is 0 Å². The molecule has 0 aromatic heterocycles. The van der Waals surface area contributed by atoms with E-state index in [2.05, 4.69) is 4.74 Å². The highest BCUT2D eigenvalue weighted by atomic mass is 19.4. The van der Waals surface area contributed by atoms with Crippen molar-refractivity contribution in [1.29, 1.82) is 0 Å². The minimum absolute atomic E-state index is 0.0888. The van der Waals surface area contributed by atoms with Crippen LogP contribution in [0, 0.1) is 5.92 Å². The lowest BCUT2D eigenvalue weighted by Crippen LogP contribution is -2.58. The summed E-state index contributed by atoms with van der Waals surface area (Å²) in [6, 6.07) is 0. The van der Waals surface area contributed by atoms with Crippen LogP contribution < -0.4 is 0 Å². The molecule has 1 aliphatic rings. The van der Waals surface area contributed by atoms with E-state index in [1.54, 1.807) is 13.8 Å². The Balaban J connectivity index is 2.44. The fourth-order valence-electron chi connectivity index (χ4n) is 1.57. The highest BCUT2D eigenvalue weighted by Crippen LogP contribution is 2.45. The SMILES string of the molecule is CC(C)=COCCC1COC1C(F)(F)C(F)(F)F. The van der Waals surface area contributed by atoms with Gasteiger partial charge in [0.2, 0.25) is 0 Å². The van der Waals surface area contributed by atoms with Crippen molar-refractivity contribution < 1.29 is 31.4 Å². The topological polar surface area (TPSA) is 18.5 Å². The fraction of sp³-hybridized carbons (Fsp3) is 0.818. The van der Waals surface area contributed by atoms with Crippen LogP contribution in [0.15, 0.2) is 11.8 Å².